The Balaban J connectivity index is 1.44. The van der Waals surface area contributed by atoms with E-state index in [9.17, 15) is 15.0 Å². The molecule has 0 amide bonds. The summed E-state index contributed by atoms with van der Waals surface area (Å²) in [6.45, 7) is 2.63. The Labute approximate surface area is 218 Å². The molecule has 2 aromatic carbocycles. The number of rotatable bonds is 7. The van der Waals surface area contributed by atoms with E-state index in [0.29, 0.717) is 23.9 Å². The molecular weight excluding hydrogens is 496 g/mol. The Morgan fingerprint density at radius 2 is 2.00 bits per heavy atom. The maximum absolute atomic E-state index is 11.6. The van der Waals surface area contributed by atoms with Crippen molar-refractivity contribution in [2.45, 2.75) is 32.1 Å². The van der Waals surface area contributed by atoms with Gasteiger partial charge in [-0.25, -0.2) is 9.78 Å². The van der Waals surface area contributed by atoms with Crippen LogP contribution in [0.25, 0.3) is 34.0 Å². The first-order chi connectivity index (χ1) is 17.9. The van der Waals surface area contributed by atoms with Crippen LogP contribution >= 0.6 is 11.6 Å². The van der Waals surface area contributed by atoms with Crippen molar-refractivity contribution in [3.8, 4) is 34.0 Å². The zero-order valence-electron chi connectivity index (χ0n) is 20.3. The third-order valence-electron chi connectivity index (χ3n) is 6.43. The second-order valence-corrected chi connectivity index (χ2v) is 9.38. The fourth-order valence-electron chi connectivity index (χ4n) is 4.64. The molecule has 2 N–H and O–H groups in total. The van der Waals surface area contributed by atoms with Gasteiger partial charge in [0, 0.05) is 37.4 Å². The average molecular weight is 521 g/mol. The zero-order chi connectivity index (χ0) is 26.1. The van der Waals surface area contributed by atoms with Gasteiger partial charge >= 0.3 is 5.97 Å². The Morgan fingerprint density at radius 1 is 1.19 bits per heavy atom. The number of methoxy groups -OCH3 is 1. The smallest absolute Gasteiger partial charge is 0.326 e. The fourth-order valence-corrected chi connectivity index (χ4v) is 4.92. The number of hydrogen-bond acceptors (Lipinski definition) is 8. The lowest BCUT2D eigenvalue weighted by Crippen LogP contribution is -2.36. The SMILES string of the molecule is COCc1cc(-c2nc(-c3cnc(N4C[C@H](O)CC4C(=O)O)c(Cl)c3)no2)ccc1-c1ccccc1C. The summed E-state index contributed by atoms with van der Waals surface area (Å²) in [5.41, 5.74) is 5.62. The van der Waals surface area contributed by atoms with E-state index in [-0.39, 0.29) is 23.8 Å². The third kappa shape index (κ3) is 4.93. The summed E-state index contributed by atoms with van der Waals surface area (Å²) in [5, 5.41) is 23.8. The van der Waals surface area contributed by atoms with Crippen molar-refractivity contribution in [1.82, 2.24) is 15.1 Å². The summed E-state index contributed by atoms with van der Waals surface area (Å²) in [6, 6.07) is 14.8. The van der Waals surface area contributed by atoms with E-state index in [1.165, 1.54) is 16.7 Å². The molecule has 1 fully saturated rings. The van der Waals surface area contributed by atoms with Crippen LogP contribution in [0.1, 0.15) is 17.5 Å². The first kappa shape index (κ1) is 24.9. The maximum atomic E-state index is 11.6. The van der Waals surface area contributed by atoms with E-state index in [2.05, 4.69) is 34.2 Å². The van der Waals surface area contributed by atoms with E-state index in [1.807, 2.05) is 30.3 Å². The number of carboxylic acid groups (broad SMARTS) is 1. The number of ether oxygens (including phenoxy) is 1. The number of β-amino-alcohol motifs (C(OH)–C–C–N with tert-alkyl or cyclic N) is 1. The number of aliphatic carboxylic acids is 1. The number of carboxylic acids is 1. The molecule has 190 valence electrons. The minimum absolute atomic E-state index is 0.108. The molecule has 2 atom stereocenters. The van der Waals surface area contributed by atoms with E-state index >= 15 is 0 Å². The van der Waals surface area contributed by atoms with Crippen LogP contribution in [0.5, 0.6) is 0 Å². The highest BCUT2D eigenvalue weighted by molar-refractivity contribution is 6.33. The average Bonchev–Trinajstić information content (AvgIpc) is 3.52. The van der Waals surface area contributed by atoms with Gasteiger partial charge in [0.25, 0.3) is 5.89 Å². The van der Waals surface area contributed by atoms with Gasteiger partial charge in [0.15, 0.2) is 0 Å². The van der Waals surface area contributed by atoms with Crippen molar-refractivity contribution in [3.05, 3.63) is 70.9 Å². The number of aromatic nitrogens is 3. The molecule has 1 aliphatic heterocycles. The summed E-state index contributed by atoms with van der Waals surface area (Å²) in [6.07, 6.45) is 0.854. The molecule has 0 radical (unpaired) electrons. The van der Waals surface area contributed by atoms with Crippen LogP contribution in [0.3, 0.4) is 0 Å². The number of hydrogen-bond donors (Lipinski definition) is 2. The third-order valence-corrected chi connectivity index (χ3v) is 6.71. The van der Waals surface area contributed by atoms with E-state index in [4.69, 9.17) is 20.9 Å². The van der Waals surface area contributed by atoms with Crippen LogP contribution in [0.4, 0.5) is 5.82 Å². The van der Waals surface area contributed by atoms with E-state index < -0.39 is 18.1 Å². The Bertz CT molecular complexity index is 1460. The molecule has 2 aromatic heterocycles. The minimum atomic E-state index is -1.04. The molecule has 10 heteroatoms. The number of halogens is 1. The van der Waals surface area contributed by atoms with Gasteiger partial charge in [-0.1, -0.05) is 47.1 Å². The quantitative estimate of drug-likeness (QED) is 0.360. The molecule has 0 bridgehead atoms. The van der Waals surface area contributed by atoms with Crippen molar-refractivity contribution in [2.75, 3.05) is 18.6 Å². The molecule has 0 saturated carbocycles. The van der Waals surface area contributed by atoms with Crippen LogP contribution in [0.15, 0.2) is 59.3 Å². The summed E-state index contributed by atoms with van der Waals surface area (Å²) in [5.74, 6) is -0.127. The van der Waals surface area contributed by atoms with Gasteiger partial charge < -0.3 is 24.4 Å². The summed E-state index contributed by atoms with van der Waals surface area (Å²) in [7, 11) is 1.65. The Hall–Kier alpha value is -3.79. The monoisotopic (exact) mass is 520 g/mol. The lowest BCUT2D eigenvalue weighted by Gasteiger charge is -2.23. The molecule has 1 saturated heterocycles. The van der Waals surface area contributed by atoms with Gasteiger partial charge in [0.2, 0.25) is 5.82 Å². The number of benzene rings is 2. The number of carbonyl (C=O) groups is 1. The topological polar surface area (TPSA) is 122 Å². The van der Waals surface area contributed by atoms with Gasteiger partial charge in [-0.2, -0.15) is 4.98 Å². The summed E-state index contributed by atoms with van der Waals surface area (Å²) in [4.78, 5) is 22.0. The summed E-state index contributed by atoms with van der Waals surface area (Å²) >= 11 is 6.47. The van der Waals surface area contributed by atoms with Gasteiger partial charge in [-0.3, -0.25) is 0 Å². The molecule has 4 aromatic rings. The molecule has 3 heterocycles. The predicted octanol–water partition coefficient (Wildman–Crippen LogP) is 4.60. The van der Waals surface area contributed by atoms with Crippen LogP contribution in [0, 0.1) is 6.92 Å². The van der Waals surface area contributed by atoms with Crippen LogP contribution < -0.4 is 4.90 Å². The number of nitrogens with zero attached hydrogens (tertiary/aromatic N) is 4. The van der Waals surface area contributed by atoms with Crippen molar-refractivity contribution in [1.29, 1.82) is 0 Å². The van der Waals surface area contributed by atoms with Gasteiger partial charge in [0.05, 0.1) is 17.7 Å². The second kappa shape index (κ2) is 10.3. The molecule has 0 aliphatic carbocycles. The van der Waals surface area contributed by atoms with Gasteiger partial charge in [-0.05, 0) is 47.4 Å². The van der Waals surface area contributed by atoms with E-state index in [1.54, 1.807) is 13.2 Å². The highest BCUT2D eigenvalue weighted by Crippen LogP contribution is 2.34. The number of aliphatic hydroxyl groups excluding tert-OH is 1. The molecule has 5 rings (SSSR count). The Morgan fingerprint density at radius 3 is 2.73 bits per heavy atom. The number of anilines is 1. The molecule has 9 nitrogen and oxygen atoms in total. The minimum Gasteiger partial charge on any atom is -0.480 e. The lowest BCUT2D eigenvalue weighted by molar-refractivity contribution is -0.138. The molecule has 37 heavy (non-hydrogen) atoms. The van der Waals surface area contributed by atoms with Crippen LogP contribution in [-0.4, -0.2) is 57.1 Å². The number of aryl methyl sites for hydroxylation is 1. The van der Waals surface area contributed by atoms with Crippen molar-refractivity contribution < 1.29 is 24.3 Å². The second-order valence-electron chi connectivity index (χ2n) is 8.97. The maximum Gasteiger partial charge on any atom is 0.326 e. The van der Waals surface area contributed by atoms with Crippen molar-refractivity contribution >= 4 is 23.4 Å². The molecule has 1 aliphatic rings. The van der Waals surface area contributed by atoms with Gasteiger partial charge in [-0.15, -0.1) is 0 Å². The highest BCUT2D eigenvalue weighted by Gasteiger charge is 2.37. The molecular formula is C27H25ClN4O5. The largest absolute Gasteiger partial charge is 0.480 e. The zero-order valence-corrected chi connectivity index (χ0v) is 21.0. The van der Waals surface area contributed by atoms with Crippen molar-refractivity contribution in [2.24, 2.45) is 0 Å². The lowest BCUT2D eigenvalue weighted by atomic mass is 9.94. The molecule has 0 spiro atoms. The van der Waals surface area contributed by atoms with Crippen LogP contribution in [-0.2, 0) is 16.1 Å². The Kier molecular flexibility index (Phi) is 6.92. The van der Waals surface area contributed by atoms with Crippen molar-refractivity contribution in [3.63, 3.8) is 0 Å². The standard InChI is InChI=1S/C27H25ClN4O5/c1-15-5-3-4-6-20(15)21-8-7-16(9-18(21)14-36-2)26-30-24(31-37-26)17-10-22(28)25(29-12-17)32-13-19(33)11-23(32)27(34)35/h3-10,12,19,23,33H,11,13-14H2,1-2H3,(H,34,35)/t19-,23?/m1/s1. The predicted molar refractivity (Wildman–Crippen MR) is 138 cm³/mol. The van der Waals surface area contributed by atoms with E-state index in [0.717, 1.165) is 22.3 Å². The fraction of sp³-hybridized carbons (Fsp3) is 0.259. The first-order valence-electron chi connectivity index (χ1n) is 11.7. The molecule has 1 unspecified atom stereocenters. The van der Waals surface area contributed by atoms with Gasteiger partial charge in [0.1, 0.15) is 11.9 Å². The first-order valence-corrected chi connectivity index (χ1v) is 12.1. The summed E-state index contributed by atoms with van der Waals surface area (Å²) < 4.78 is 11.0. The number of pyridine rings is 1. The van der Waals surface area contributed by atoms with Crippen LogP contribution in [0.2, 0.25) is 5.02 Å². The number of aliphatic hydroxyl groups is 1. The normalized spacial score (nSPS) is 17.4. The highest BCUT2D eigenvalue weighted by atomic mass is 35.5.